The summed E-state index contributed by atoms with van der Waals surface area (Å²) >= 11 is 0. The highest BCUT2D eigenvalue weighted by Crippen LogP contribution is 2.28. The van der Waals surface area contributed by atoms with Gasteiger partial charge in [-0.3, -0.25) is 5.11 Å². The molecule has 0 atom stereocenters. The summed E-state index contributed by atoms with van der Waals surface area (Å²) in [6.07, 6.45) is 4.78. The zero-order valence-electron chi connectivity index (χ0n) is 9.70. The Bertz CT molecular complexity index is 474. The van der Waals surface area contributed by atoms with Gasteiger partial charge in [-0.2, -0.15) is 0 Å². The van der Waals surface area contributed by atoms with Crippen molar-refractivity contribution < 1.29 is 5.11 Å². The van der Waals surface area contributed by atoms with E-state index in [1.807, 2.05) is 18.2 Å². The van der Waals surface area contributed by atoms with E-state index in [4.69, 9.17) is 0 Å². The number of fused-ring (bicyclic) bond motifs is 1. The first-order valence-electron chi connectivity index (χ1n) is 6.00. The molecule has 0 fully saturated rings. The molecule has 0 aromatic heterocycles. The van der Waals surface area contributed by atoms with Crippen molar-refractivity contribution in [2.45, 2.75) is 32.6 Å². The second kappa shape index (κ2) is 5.02. The van der Waals surface area contributed by atoms with E-state index in [-0.39, 0.29) is 5.75 Å². The van der Waals surface area contributed by atoms with Gasteiger partial charge in [0.25, 0.3) is 0 Å². The molecule has 0 aliphatic rings. The van der Waals surface area contributed by atoms with Gasteiger partial charge in [0.2, 0.25) is 0 Å². The van der Waals surface area contributed by atoms with Crippen LogP contribution in [0.3, 0.4) is 0 Å². The van der Waals surface area contributed by atoms with Gasteiger partial charge in [0, 0.05) is 5.39 Å². The lowest BCUT2D eigenvalue weighted by molar-refractivity contribution is 0.360. The van der Waals surface area contributed by atoms with Gasteiger partial charge in [0.15, 0.2) is 5.75 Å². The van der Waals surface area contributed by atoms with Gasteiger partial charge in [0.05, 0.1) is 0 Å². The molecular formula is C15H17O. The zero-order valence-corrected chi connectivity index (χ0v) is 9.70. The van der Waals surface area contributed by atoms with Crippen molar-refractivity contribution >= 4 is 10.8 Å². The molecule has 2 aromatic rings. The predicted octanol–water partition coefficient (Wildman–Crippen LogP) is 4.72. The van der Waals surface area contributed by atoms with Crippen LogP contribution in [0.2, 0.25) is 0 Å². The van der Waals surface area contributed by atoms with Gasteiger partial charge in [-0.25, -0.2) is 0 Å². The van der Waals surface area contributed by atoms with Gasteiger partial charge in [0.1, 0.15) is 0 Å². The van der Waals surface area contributed by atoms with E-state index >= 15 is 0 Å². The number of benzene rings is 2. The molecule has 1 radical (unpaired) electrons. The lowest BCUT2D eigenvalue weighted by Crippen LogP contribution is -1.87. The summed E-state index contributed by atoms with van der Waals surface area (Å²) in [7, 11) is 0. The van der Waals surface area contributed by atoms with Crippen molar-refractivity contribution in [2.24, 2.45) is 0 Å². The second-order valence-electron chi connectivity index (χ2n) is 4.23. The molecule has 2 aromatic carbocycles. The molecule has 0 heterocycles. The SMILES string of the molecule is CCCCCc1cccc2c([O])cccc12. The van der Waals surface area contributed by atoms with E-state index in [1.54, 1.807) is 6.07 Å². The van der Waals surface area contributed by atoms with Gasteiger partial charge in [-0.15, -0.1) is 0 Å². The largest absolute Gasteiger partial charge is 0.289 e. The molecule has 0 amide bonds. The van der Waals surface area contributed by atoms with Crippen LogP contribution in [0.25, 0.3) is 10.8 Å². The molecule has 0 spiro atoms. The zero-order chi connectivity index (χ0) is 11.4. The topological polar surface area (TPSA) is 19.9 Å². The molecule has 0 saturated heterocycles. The lowest BCUT2D eigenvalue weighted by Gasteiger charge is -2.06. The number of aryl methyl sites for hydroxylation is 1. The minimum Gasteiger partial charge on any atom is -0.289 e. The summed E-state index contributed by atoms with van der Waals surface area (Å²) in [4.78, 5) is 0. The Morgan fingerprint density at radius 2 is 1.69 bits per heavy atom. The highest BCUT2D eigenvalue weighted by molar-refractivity contribution is 5.90. The second-order valence-corrected chi connectivity index (χ2v) is 4.23. The predicted molar refractivity (Wildman–Crippen MR) is 67.3 cm³/mol. The fourth-order valence-corrected chi connectivity index (χ4v) is 2.13. The summed E-state index contributed by atoms with van der Waals surface area (Å²) in [6, 6.07) is 11.6. The Morgan fingerprint density at radius 3 is 2.50 bits per heavy atom. The third-order valence-electron chi connectivity index (χ3n) is 3.02. The molecule has 2 rings (SSSR count). The average molecular weight is 213 g/mol. The minimum atomic E-state index is 0.134. The minimum absolute atomic E-state index is 0.134. The standard InChI is InChI=1S/C15H17O/c1-2-3-4-7-12-8-5-10-14-13(12)9-6-11-15(14)16/h5-6,8-11H,2-4,7H2,1H3. The molecule has 0 N–H and O–H groups in total. The van der Waals surface area contributed by atoms with Crippen molar-refractivity contribution in [1.82, 2.24) is 0 Å². The van der Waals surface area contributed by atoms with Gasteiger partial charge < -0.3 is 0 Å². The van der Waals surface area contributed by atoms with Crippen LogP contribution in [0, 0.1) is 0 Å². The fraction of sp³-hybridized carbons (Fsp3) is 0.333. The van der Waals surface area contributed by atoms with Crippen LogP contribution >= 0.6 is 0 Å². The summed E-state index contributed by atoms with van der Waals surface area (Å²) in [6.45, 7) is 2.21. The van der Waals surface area contributed by atoms with E-state index in [2.05, 4.69) is 19.1 Å². The van der Waals surface area contributed by atoms with Crippen LogP contribution in [0.1, 0.15) is 31.7 Å². The first-order valence-corrected chi connectivity index (χ1v) is 6.00. The van der Waals surface area contributed by atoms with E-state index in [9.17, 15) is 5.11 Å². The highest BCUT2D eigenvalue weighted by atomic mass is 16.3. The molecule has 1 heteroatoms. The fourth-order valence-electron chi connectivity index (χ4n) is 2.13. The first kappa shape index (κ1) is 11.0. The van der Waals surface area contributed by atoms with Crippen molar-refractivity contribution in [3.05, 3.63) is 42.0 Å². The molecule has 0 aliphatic heterocycles. The monoisotopic (exact) mass is 213 g/mol. The highest BCUT2D eigenvalue weighted by Gasteiger charge is 2.04. The van der Waals surface area contributed by atoms with Gasteiger partial charge in [-0.1, -0.05) is 50.1 Å². The molecule has 16 heavy (non-hydrogen) atoms. The van der Waals surface area contributed by atoms with E-state index in [0.29, 0.717) is 0 Å². The van der Waals surface area contributed by atoms with Crippen LogP contribution in [0.15, 0.2) is 36.4 Å². The molecule has 83 valence electrons. The Labute approximate surface area is 96.7 Å². The number of rotatable bonds is 4. The first-order chi connectivity index (χ1) is 7.83. The number of hydrogen-bond donors (Lipinski definition) is 0. The smallest absolute Gasteiger partial charge is 0.186 e. The number of unbranched alkanes of at least 4 members (excludes halogenated alkanes) is 2. The van der Waals surface area contributed by atoms with E-state index in [0.717, 1.165) is 17.2 Å². The maximum absolute atomic E-state index is 11.7. The Balaban J connectivity index is 2.34. The molecular weight excluding hydrogens is 196 g/mol. The molecule has 0 bridgehead atoms. The molecule has 0 unspecified atom stereocenters. The molecule has 0 saturated carbocycles. The van der Waals surface area contributed by atoms with Crippen molar-refractivity contribution in [1.29, 1.82) is 0 Å². The van der Waals surface area contributed by atoms with Crippen LogP contribution < -0.4 is 0 Å². The van der Waals surface area contributed by atoms with Crippen molar-refractivity contribution in [3.63, 3.8) is 0 Å². The summed E-state index contributed by atoms with van der Waals surface area (Å²) in [5.41, 5.74) is 1.31. The Kier molecular flexibility index (Phi) is 3.45. The van der Waals surface area contributed by atoms with E-state index < -0.39 is 0 Å². The molecule has 1 nitrogen and oxygen atoms in total. The quantitative estimate of drug-likeness (QED) is 0.655. The van der Waals surface area contributed by atoms with Crippen molar-refractivity contribution in [2.75, 3.05) is 0 Å². The van der Waals surface area contributed by atoms with Crippen molar-refractivity contribution in [3.8, 4) is 5.75 Å². The summed E-state index contributed by atoms with van der Waals surface area (Å²) < 4.78 is 0. The third-order valence-corrected chi connectivity index (χ3v) is 3.02. The van der Waals surface area contributed by atoms with Gasteiger partial charge >= 0.3 is 0 Å². The maximum atomic E-state index is 11.7. The maximum Gasteiger partial charge on any atom is 0.186 e. The van der Waals surface area contributed by atoms with E-state index in [1.165, 1.54) is 24.8 Å². The van der Waals surface area contributed by atoms with Crippen LogP contribution in [-0.2, 0) is 11.5 Å². The Morgan fingerprint density at radius 1 is 0.938 bits per heavy atom. The van der Waals surface area contributed by atoms with Crippen LogP contribution in [0.5, 0.6) is 5.75 Å². The van der Waals surface area contributed by atoms with Crippen LogP contribution in [0.4, 0.5) is 0 Å². The molecule has 0 aliphatic carbocycles. The average Bonchev–Trinajstić information content (AvgIpc) is 2.31. The normalized spacial score (nSPS) is 10.8. The summed E-state index contributed by atoms with van der Waals surface area (Å²) in [5.74, 6) is 0.134. The van der Waals surface area contributed by atoms with Gasteiger partial charge in [-0.05, 0) is 29.9 Å². The summed E-state index contributed by atoms with van der Waals surface area (Å²) in [5, 5.41) is 13.6. The lowest BCUT2D eigenvalue weighted by atomic mass is 9.99. The Hall–Kier alpha value is -1.50. The number of hydrogen-bond acceptors (Lipinski definition) is 0. The van der Waals surface area contributed by atoms with Crippen LogP contribution in [-0.4, -0.2) is 0 Å². The third kappa shape index (κ3) is 2.19.